The second-order valence-corrected chi connectivity index (χ2v) is 4.93. The lowest BCUT2D eigenvalue weighted by atomic mass is 9.90. The van der Waals surface area contributed by atoms with E-state index in [2.05, 4.69) is 11.4 Å². The molecule has 0 spiro atoms. The summed E-state index contributed by atoms with van der Waals surface area (Å²) in [4.78, 5) is 11.6. The number of ether oxygens (including phenoxy) is 2. The molecular formula is C14H17NO3. The predicted molar refractivity (Wildman–Crippen MR) is 66.7 cm³/mol. The zero-order valence-electron chi connectivity index (χ0n) is 10.4. The molecular weight excluding hydrogens is 230 g/mol. The normalized spacial score (nSPS) is 18.5. The van der Waals surface area contributed by atoms with Crippen molar-refractivity contribution in [1.82, 2.24) is 5.32 Å². The van der Waals surface area contributed by atoms with Crippen LogP contribution in [-0.4, -0.2) is 19.7 Å². The molecule has 0 saturated heterocycles. The van der Waals surface area contributed by atoms with Gasteiger partial charge in [0.2, 0.25) is 12.7 Å². The van der Waals surface area contributed by atoms with E-state index in [9.17, 15) is 4.79 Å². The third-order valence-electron chi connectivity index (χ3n) is 3.70. The Morgan fingerprint density at radius 2 is 2.17 bits per heavy atom. The van der Waals surface area contributed by atoms with Gasteiger partial charge in [-0.1, -0.05) is 6.07 Å². The van der Waals surface area contributed by atoms with Gasteiger partial charge in [0, 0.05) is 13.5 Å². The smallest absolute Gasteiger partial charge is 0.231 e. The highest BCUT2D eigenvalue weighted by Gasteiger charge is 2.34. The maximum atomic E-state index is 11.6. The Morgan fingerprint density at radius 3 is 2.89 bits per heavy atom. The number of carbonyl (C=O) groups is 1. The van der Waals surface area contributed by atoms with E-state index >= 15 is 0 Å². The van der Waals surface area contributed by atoms with Gasteiger partial charge in [0.05, 0.1) is 0 Å². The molecule has 0 aromatic heterocycles. The van der Waals surface area contributed by atoms with Gasteiger partial charge in [-0.05, 0) is 42.4 Å². The van der Waals surface area contributed by atoms with Crippen LogP contribution < -0.4 is 14.8 Å². The summed E-state index contributed by atoms with van der Waals surface area (Å²) in [5.41, 5.74) is 1.19. The van der Waals surface area contributed by atoms with Crippen molar-refractivity contribution in [1.29, 1.82) is 0 Å². The van der Waals surface area contributed by atoms with E-state index in [4.69, 9.17) is 9.47 Å². The molecule has 0 bridgehead atoms. The number of amides is 1. The van der Waals surface area contributed by atoms with Gasteiger partial charge in [-0.15, -0.1) is 0 Å². The van der Waals surface area contributed by atoms with Crippen molar-refractivity contribution in [2.75, 3.05) is 13.8 Å². The van der Waals surface area contributed by atoms with E-state index in [0.29, 0.717) is 25.0 Å². The molecule has 1 unspecified atom stereocenters. The minimum atomic E-state index is 0.101. The van der Waals surface area contributed by atoms with E-state index < -0.39 is 0 Å². The van der Waals surface area contributed by atoms with Crippen LogP contribution in [0.25, 0.3) is 0 Å². The summed E-state index contributed by atoms with van der Waals surface area (Å²) >= 11 is 0. The second-order valence-electron chi connectivity index (χ2n) is 4.93. The molecule has 1 fully saturated rings. The van der Waals surface area contributed by atoms with Crippen LogP contribution in [0.5, 0.6) is 11.5 Å². The van der Waals surface area contributed by atoms with E-state index in [1.165, 1.54) is 18.4 Å². The zero-order chi connectivity index (χ0) is 12.5. The average Bonchev–Trinajstić information content (AvgIpc) is 3.12. The summed E-state index contributed by atoms with van der Waals surface area (Å²) in [6, 6.07) is 6.02. The summed E-state index contributed by atoms with van der Waals surface area (Å²) in [5, 5.41) is 2.71. The standard InChI is InChI=1S/C14H17NO3/c1-15-14(16)7-11(9-2-3-9)10-4-5-12-13(6-10)18-8-17-12/h4-6,9,11H,2-3,7-8H2,1H3,(H,15,16). The lowest BCUT2D eigenvalue weighted by Crippen LogP contribution is -2.21. The monoisotopic (exact) mass is 247 g/mol. The number of hydrogen-bond donors (Lipinski definition) is 1. The van der Waals surface area contributed by atoms with Crippen LogP contribution >= 0.6 is 0 Å². The predicted octanol–water partition coefficient (Wildman–Crippen LogP) is 2.04. The van der Waals surface area contributed by atoms with E-state index in [1.807, 2.05) is 12.1 Å². The van der Waals surface area contributed by atoms with Crippen molar-refractivity contribution in [3.05, 3.63) is 23.8 Å². The Bertz CT molecular complexity index is 468. The van der Waals surface area contributed by atoms with Crippen LogP contribution in [0.2, 0.25) is 0 Å². The Hall–Kier alpha value is -1.71. The summed E-state index contributed by atoms with van der Waals surface area (Å²) in [6.45, 7) is 0.294. The molecule has 1 N–H and O–H groups in total. The van der Waals surface area contributed by atoms with Crippen LogP contribution in [0.1, 0.15) is 30.7 Å². The second kappa shape index (κ2) is 4.52. The Kier molecular flexibility index (Phi) is 2.86. The molecule has 0 radical (unpaired) electrons. The van der Waals surface area contributed by atoms with Gasteiger partial charge in [-0.3, -0.25) is 4.79 Å². The van der Waals surface area contributed by atoms with Crippen molar-refractivity contribution < 1.29 is 14.3 Å². The third-order valence-corrected chi connectivity index (χ3v) is 3.70. The minimum Gasteiger partial charge on any atom is -0.454 e. The first-order valence-corrected chi connectivity index (χ1v) is 6.38. The van der Waals surface area contributed by atoms with Crippen LogP contribution in [0.3, 0.4) is 0 Å². The summed E-state index contributed by atoms with van der Waals surface area (Å²) in [6.07, 6.45) is 2.99. The fourth-order valence-corrected chi connectivity index (χ4v) is 2.50. The topological polar surface area (TPSA) is 47.6 Å². The first-order chi connectivity index (χ1) is 8.78. The molecule has 1 aromatic rings. The lowest BCUT2D eigenvalue weighted by molar-refractivity contribution is -0.121. The molecule has 96 valence electrons. The van der Waals surface area contributed by atoms with Crippen LogP contribution in [0.15, 0.2) is 18.2 Å². The quantitative estimate of drug-likeness (QED) is 0.885. The van der Waals surface area contributed by atoms with Gasteiger partial charge in [-0.25, -0.2) is 0 Å². The highest BCUT2D eigenvalue weighted by Crippen LogP contribution is 2.46. The summed E-state index contributed by atoms with van der Waals surface area (Å²) in [7, 11) is 1.69. The maximum Gasteiger partial charge on any atom is 0.231 e. The Labute approximate surface area is 106 Å². The number of carbonyl (C=O) groups excluding carboxylic acids is 1. The summed E-state index contributed by atoms with van der Waals surface area (Å²) in [5.74, 6) is 2.65. The number of nitrogens with one attached hydrogen (secondary N) is 1. The minimum absolute atomic E-state index is 0.101. The Balaban J connectivity index is 1.83. The average molecular weight is 247 g/mol. The molecule has 1 amide bonds. The SMILES string of the molecule is CNC(=O)CC(c1ccc2c(c1)OCO2)C1CC1. The van der Waals surface area contributed by atoms with Gasteiger partial charge >= 0.3 is 0 Å². The highest BCUT2D eigenvalue weighted by molar-refractivity contribution is 5.76. The first kappa shape index (κ1) is 11.4. The molecule has 3 rings (SSSR count). The van der Waals surface area contributed by atoms with Gasteiger partial charge in [0.1, 0.15) is 0 Å². The molecule has 18 heavy (non-hydrogen) atoms. The van der Waals surface area contributed by atoms with E-state index in [0.717, 1.165) is 11.5 Å². The number of fused-ring (bicyclic) bond motifs is 1. The van der Waals surface area contributed by atoms with Gasteiger partial charge in [0.15, 0.2) is 11.5 Å². The highest BCUT2D eigenvalue weighted by atomic mass is 16.7. The Morgan fingerprint density at radius 1 is 1.39 bits per heavy atom. The fourth-order valence-electron chi connectivity index (χ4n) is 2.50. The third kappa shape index (κ3) is 2.15. The van der Waals surface area contributed by atoms with Crippen molar-refractivity contribution in [3.8, 4) is 11.5 Å². The largest absolute Gasteiger partial charge is 0.454 e. The molecule has 2 aliphatic rings. The number of hydrogen-bond acceptors (Lipinski definition) is 3. The summed E-state index contributed by atoms with van der Waals surface area (Å²) < 4.78 is 10.7. The van der Waals surface area contributed by atoms with Crippen molar-refractivity contribution in [2.24, 2.45) is 5.92 Å². The molecule has 1 aromatic carbocycles. The van der Waals surface area contributed by atoms with Gasteiger partial charge < -0.3 is 14.8 Å². The fraction of sp³-hybridized carbons (Fsp3) is 0.500. The lowest BCUT2D eigenvalue weighted by Gasteiger charge is -2.16. The maximum absolute atomic E-state index is 11.6. The van der Waals surface area contributed by atoms with E-state index in [1.54, 1.807) is 7.05 Å². The molecule has 1 aliphatic heterocycles. The van der Waals surface area contributed by atoms with Crippen molar-refractivity contribution in [2.45, 2.75) is 25.2 Å². The zero-order valence-corrected chi connectivity index (χ0v) is 10.4. The van der Waals surface area contributed by atoms with Crippen molar-refractivity contribution in [3.63, 3.8) is 0 Å². The van der Waals surface area contributed by atoms with Crippen LogP contribution in [-0.2, 0) is 4.79 Å². The van der Waals surface area contributed by atoms with Crippen molar-refractivity contribution >= 4 is 5.91 Å². The molecule has 1 atom stereocenters. The van der Waals surface area contributed by atoms with Crippen LogP contribution in [0.4, 0.5) is 0 Å². The molecule has 1 aliphatic carbocycles. The van der Waals surface area contributed by atoms with Gasteiger partial charge in [0.25, 0.3) is 0 Å². The number of rotatable bonds is 4. The number of benzene rings is 1. The molecule has 4 nitrogen and oxygen atoms in total. The van der Waals surface area contributed by atoms with Gasteiger partial charge in [-0.2, -0.15) is 0 Å². The van der Waals surface area contributed by atoms with Crippen LogP contribution in [0, 0.1) is 5.92 Å². The van der Waals surface area contributed by atoms with E-state index in [-0.39, 0.29) is 5.91 Å². The molecule has 4 heteroatoms. The first-order valence-electron chi connectivity index (χ1n) is 6.38. The molecule has 1 heterocycles. The molecule has 1 saturated carbocycles.